The van der Waals surface area contributed by atoms with Gasteiger partial charge in [-0.25, -0.2) is 0 Å². The predicted molar refractivity (Wildman–Crippen MR) is 67.0 cm³/mol. The van der Waals surface area contributed by atoms with Crippen molar-refractivity contribution in [1.29, 1.82) is 0 Å². The lowest BCUT2D eigenvalue weighted by molar-refractivity contribution is -0.143. The van der Waals surface area contributed by atoms with Crippen molar-refractivity contribution in [2.75, 3.05) is 6.54 Å². The molecule has 7 heteroatoms. The van der Waals surface area contributed by atoms with E-state index >= 15 is 0 Å². The van der Waals surface area contributed by atoms with Gasteiger partial charge in [0.05, 0.1) is 11.1 Å². The third-order valence-corrected chi connectivity index (χ3v) is 2.67. The fourth-order valence-electron chi connectivity index (χ4n) is 1.69. The minimum atomic E-state index is -4.81. The van der Waals surface area contributed by atoms with Gasteiger partial charge in [0.1, 0.15) is 0 Å². The SMILES string of the molecule is [CH2]CC[CH]CNCc1cc(C(F)(F)F)cc(C(F)(F)F)c1. The predicted octanol–water partition coefficient (Wildman–Crippen LogP) is 4.63. The van der Waals surface area contributed by atoms with Crippen molar-refractivity contribution in [3.05, 3.63) is 48.2 Å². The van der Waals surface area contributed by atoms with E-state index in [0.717, 1.165) is 18.6 Å². The maximum Gasteiger partial charge on any atom is 0.416 e. The second kappa shape index (κ2) is 7.15. The zero-order valence-corrected chi connectivity index (χ0v) is 11.1. The van der Waals surface area contributed by atoms with Crippen LogP contribution in [0.1, 0.15) is 29.5 Å². The molecule has 0 heterocycles. The van der Waals surface area contributed by atoms with E-state index in [1.54, 1.807) is 0 Å². The maximum atomic E-state index is 12.6. The molecule has 0 saturated heterocycles. The summed E-state index contributed by atoms with van der Waals surface area (Å²) in [5.74, 6) is 0. The number of rotatable bonds is 6. The normalized spacial score (nSPS) is 12.7. The molecule has 0 unspecified atom stereocenters. The molecule has 0 fully saturated rings. The molecule has 118 valence electrons. The molecule has 1 rings (SSSR count). The highest BCUT2D eigenvalue weighted by molar-refractivity contribution is 5.33. The Hall–Kier alpha value is -1.24. The van der Waals surface area contributed by atoms with Crippen molar-refractivity contribution in [3.63, 3.8) is 0 Å². The summed E-state index contributed by atoms with van der Waals surface area (Å²) in [6.45, 7) is 3.94. The van der Waals surface area contributed by atoms with E-state index in [2.05, 4.69) is 12.2 Å². The molecule has 1 nitrogen and oxygen atoms in total. The molecule has 2 radical (unpaired) electrons. The Morgan fingerprint density at radius 2 is 1.48 bits per heavy atom. The highest BCUT2D eigenvalue weighted by atomic mass is 19.4. The third kappa shape index (κ3) is 5.95. The quantitative estimate of drug-likeness (QED) is 0.596. The van der Waals surface area contributed by atoms with E-state index in [1.807, 2.05) is 6.42 Å². The number of halogens is 6. The summed E-state index contributed by atoms with van der Waals surface area (Å²) in [4.78, 5) is 0. The molecule has 1 N–H and O–H groups in total. The average molecular weight is 311 g/mol. The van der Waals surface area contributed by atoms with E-state index in [-0.39, 0.29) is 18.2 Å². The van der Waals surface area contributed by atoms with Gasteiger partial charge in [-0.2, -0.15) is 26.3 Å². The zero-order valence-electron chi connectivity index (χ0n) is 11.1. The number of benzene rings is 1. The van der Waals surface area contributed by atoms with Crippen LogP contribution < -0.4 is 5.32 Å². The molecule has 0 aliphatic carbocycles. The van der Waals surface area contributed by atoms with E-state index in [0.29, 0.717) is 13.0 Å². The summed E-state index contributed by atoms with van der Waals surface area (Å²) in [5.41, 5.74) is -2.65. The molecule has 0 bridgehead atoms. The first-order valence-corrected chi connectivity index (χ1v) is 6.24. The minimum Gasteiger partial charge on any atom is -0.312 e. The molecular formula is C14H15F6N. The van der Waals surface area contributed by atoms with Crippen LogP contribution in [0.4, 0.5) is 26.3 Å². The molecule has 0 amide bonds. The second-order valence-electron chi connectivity index (χ2n) is 4.48. The van der Waals surface area contributed by atoms with Crippen LogP contribution in [0.15, 0.2) is 18.2 Å². The van der Waals surface area contributed by atoms with Crippen molar-refractivity contribution in [3.8, 4) is 0 Å². The number of hydrogen-bond acceptors (Lipinski definition) is 1. The molecule has 0 spiro atoms. The first kappa shape index (κ1) is 17.8. The van der Waals surface area contributed by atoms with E-state index in [4.69, 9.17) is 0 Å². The Bertz CT molecular complexity index is 418. The minimum absolute atomic E-state index is 0.0554. The average Bonchev–Trinajstić information content (AvgIpc) is 2.36. The summed E-state index contributed by atoms with van der Waals surface area (Å²) in [6.07, 6.45) is -6.38. The fourth-order valence-corrected chi connectivity index (χ4v) is 1.69. The standard InChI is InChI=1S/C14H15F6N/c1-2-3-4-5-21-9-10-6-11(13(15,16)17)8-12(7-10)14(18,19)20/h4,6-8,21H,1-3,5,9H2. The van der Waals surface area contributed by atoms with Gasteiger partial charge in [-0.3, -0.25) is 0 Å². The van der Waals surface area contributed by atoms with Gasteiger partial charge in [0.2, 0.25) is 0 Å². The van der Waals surface area contributed by atoms with Crippen LogP contribution in [0.3, 0.4) is 0 Å². The highest BCUT2D eigenvalue weighted by Crippen LogP contribution is 2.36. The second-order valence-corrected chi connectivity index (χ2v) is 4.48. The Morgan fingerprint density at radius 1 is 0.952 bits per heavy atom. The summed E-state index contributed by atoms with van der Waals surface area (Å²) in [5, 5.41) is 2.78. The largest absolute Gasteiger partial charge is 0.416 e. The van der Waals surface area contributed by atoms with Crippen LogP contribution in [0.5, 0.6) is 0 Å². The molecular weight excluding hydrogens is 296 g/mol. The summed E-state index contributed by atoms with van der Waals surface area (Å²) in [7, 11) is 0. The van der Waals surface area contributed by atoms with Crippen molar-refractivity contribution >= 4 is 0 Å². The highest BCUT2D eigenvalue weighted by Gasteiger charge is 2.36. The van der Waals surface area contributed by atoms with Gasteiger partial charge < -0.3 is 5.32 Å². The van der Waals surface area contributed by atoms with E-state index in [1.165, 1.54) is 0 Å². The van der Waals surface area contributed by atoms with Gasteiger partial charge in [-0.05, 0) is 43.1 Å². The van der Waals surface area contributed by atoms with Crippen LogP contribution in [0, 0.1) is 13.3 Å². The van der Waals surface area contributed by atoms with Crippen molar-refractivity contribution < 1.29 is 26.3 Å². The fraction of sp³-hybridized carbons (Fsp3) is 0.429. The lowest BCUT2D eigenvalue weighted by Crippen LogP contribution is -2.17. The first-order valence-electron chi connectivity index (χ1n) is 6.24. The summed E-state index contributed by atoms with van der Waals surface area (Å²) >= 11 is 0. The smallest absolute Gasteiger partial charge is 0.312 e. The molecule has 0 aliphatic heterocycles. The number of alkyl halides is 6. The van der Waals surface area contributed by atoms with E-state index in [9.17, 15) is 26.3 Å². The topological polar surface area (TPSA) is 12.0 Å². The number of nitrogens with one attached hydrogen (secondary N) is 1. The van der Waals surface area contributed by atoms with Crippen molar-refractivity contribution in [2.45, 2.75) is 31.7 Å². The summed E-state index contributed by atoms with van der Waals surface area (Å²) in [6, 6.07) is 1.58. The van der Waals surface area contributed by atoms with Crippen molar-refractivity contribution in [2.24, 2.45) is 0 Å². The van der Waals surface area contributed by atoms with Gasteiger partial charge in [-0.15, -0.1) is 0 Å². The lowest BCUT2D eigenvalue weighted by atomic mass is 10.0. The van der Waals surface area contributed by atoms with Gasteiger partial charge >= 0.3 is 12.4 Å². The third-order valence-electron chi connectivity index (χ3n) is 2.67. The molecule has 0 atom stereocenters. The molecule has 21 heavy (non-hydrogen) atoms. The molecule has 1 aromatic carbocycles. The number of unbranched alkanes of at least 4 members (excludes halogenated alkanes) is 2. The molecule has 1 aromatic rings. The summed E-state index contributed by atoms with van der Waals surface area (Å²) < 4.78 is 75.7. The van der Waals surface area contributed by atoms with Crippen LogP contribution in [0.2, 0.25) is 0 Å². The molecule has 0 aromatic heterocycles. The van der Waals surface area contributed by atoms with Crippen LogP contribution in [-0.4, -0.2) is 6.54 Å². The van der Waals surface area contributed by atoms with Crippen LogP contribution in [0.25, 0.3) is 0 Å². The first-order chi connectivity index (χ1) is 9.64. The van der Waals surface area contributed by atoms with E-state index < -0.39 is 23.5 Å². The van der Waals surface area contributed by atoms with Crippen LogP contribution in [-0.2, 0) is 18.9 Å². The van der Waals surface area contributed by atoms with Gasteiger partial charge in [0, 0.05) is 6.54 Å². The van der Waals surface area contributed by atoms with Crippen molar-refractivity contribution in [1.82, 2.24) is 5.32 Å². The molecule has 0 aliphatic rings. The van der Waals surface area contributed by atoms with Crippen LogP contribution >= 0.6 is 0 Å². The Balaban J connectivity index is 2.88. The Labute approximate surface area is 119 Å². The molecule has 0 saturated carbocycles. The van der Waals surface area contributed by atoms with Gasteiger partial charge in [-0.1, -0.05) is 13.3 Å². The zero-order chi connectivity index (χ0) is 16.1. The van der Waals surface area contributed by atoms with Gasteiger partial charge in [0.15, 0.2) is 0 Å². The Morgan fingerprint density at radius 3 is 1.90 bits per heavy atom. The lowest BCUT2D eigenvalue weighted by Gasteiger charge is -2.14. The maximum absolute atomic E-state index is 12.6. The van der Waals surface area contributed by atoms with Gasteiger partial charge in [0.25, 0.3) is 0 Å². The number of hydrogen-bond donors (Lipinski definition) is 1. The monoisotopic (exact) mass is 311 g/mol. The Kier molecular flexibility index (Phi) is 6.07.